The third kappa shape index (κ3) is 6.35. The number of carbonyl (C=O) groups excluding carboxylic acids is 1. The highest BCUT2D eigenvalue weighted by Crippen LogP contribution is 2.15. The lowest BCUT2D eigenvalue weighted by atomic mass is 10.2. The molecule has 0 bridgehead atoms. The van der Waals surface area contributed by atoms with E-state index in [-0.39, 0.29) is 30.5 Å². The second-order valence-corrected chi connectivity index (χ2v) is 9.98. The Morgan fingerprint density at radius 1 is 1.29 bits per heavy atom. The summed E-state index contributed by atoms with van der Waals surface area (Å²) < 4.78 is 35.8. The first kappa shape index (κ1) is 24.6. The molecule has 4 rings (SSSR count). The minimum atomic E-state index is -3.31. The van der Waals surface area contributed by atoms with Crippen LogP contribution in [0, 0.1) is 6.92 Å². The SMILES string of the molecule is COc1cccc(CNC(=O)c2cc(-c3nnn(C[C@H]4CN(S(C)(=O)=O)CCO4)n3)nc(C)n2)c1. The van der Waals surface area contributed by atoms with Crippen LogP contribution in [0.15, 0.2) is 30.3 Å². The molecule has 3 aromatic rings. The van der Waals surface area contributed by atoms with Crippen LogP contribution in [-0.4, -0.2) is 88.0 Å². The normalized spacial score (nSPS) is 16.7. The number of tetrazole rings is 1. The van der Waals surface area contributed by atoms with Gasteiger partial charge >= 0.3 is 0 Å². The molecule has 1 aliphatic rings. The monoisotopic (exact) mass is 502 g/mol. The van der Waals surface area contributed by atoms with Gasteiger partial charge in [-0.3, -0.25) is 4.79 Å². The van der Waals surface area contributed by atoms with E-state index >= 15 is 0 Å². The van der Waals surface area contributed by atoms with Gasteiger partial charge in [-0.1, -0.05) is 12.1 Å². The first-order chi connectivity index (χ1) is 16.7. The molecule has 1 saturated heterocycles. The number of amides is 1. The van der Waals surface area contributed by atoms with Gasteiger partial charge in [0.15, 0.2) is 0 Å². The Hall–Kier alpha value is -3.49. The zero-order valence-corrected chi connectivity index (χ0v) is 20.4. The van der Waals surface area contributed by atoms with Gasteiger partial charge in [0.05, 0.1) is 32.6 Å². The molecular weight excluding hydrogens is 476 g/mol. The summed E-state index contributed by atoms with van der Waals surface area (Å²) in [7, 11) is -1.72. The number of hydrogen-bond acceptors (Lipinski definition) is 10. The highest BCUT2D eigenvalue weighted by atomic mass is 32.2. The molecule has 0 spiro atoms. The summed E-state index contributed by atoms with van der Waals surface area (Å²) >= 11 is 0. The van der Waals surface area contributed by atoms with E-state index in [1.165, 1.54) is 21.4 Å². The van der Waals surface area contributed by atoms with Gasteiger partial charge in [0.2, 0.25) is 15.8 Å². The third-order valence-corrected chi connectivity index (χ3v) is 6.55. The van der Waals surface area contributed by atoms with Gasteiger partial charge in [-0.15, -0.1) is 10.2 Å². The second-order valence-electron chi connectivity index (χ2n) is 8.00. The summed E-state index contributed by atoms with van der Waals surface area (Å²) in [5.74, 6) is 0.926. The minimum Gasteiger partial charge on any atom is -0.497 e. The second kappa shape index (κ2) is 10.4. The number of aryl methyl sites for hydroxylation is 1. The van der Waals surface area contributed by atoms with E-state index in [4.69, 9.17) is 9.47 Å². The third-order valence-electron chi connectivity index (χ3n) is 5.28. The van der Waals surface area contributed by atoms with E-state index in [2.05, 4.69) is 30.7 Å². The highest BCUT2D eigenvalue weighted by molar-refractivity contribution is 7.88. The molecule has 1 fully saturated rings. The van der Waals surface area contributed by atoms with E-state index in [9.17, 15) is 13.2 Å². The number of rotatable bonds is 8. The fourth-order valence-electron chi connectivity index (χ4n) is 3.56. The zero-order valence-electron chi connectivity index (χ0n) is 19.6. The Bertz CT molecular complexity index is 1310. The van der Waals surface area contributed by atoms with Crippen molar-refractivity contribution in [3.8, 4) is 17.3 Å². The van der Waals surface area contributed by atoms with E-state index in [1.54, 1.807) is 14.0 Å². The van der Waals surface area contributed by atoms with Crippen LogP contribution in [0.4, 0.5) is 0 Å². The standard InChI is InChI=1S/C21H26N8O5S/c1-14-23-18(10-19(24-14)21(30)22-11-15-5-4-6-16(9-15)33-2)20-25-27-29(26-20)13-17-12-28(7-8-34-17)35(3,31)32/h4-6,9-10,17H,7-8,11-13H2,1-3H3,(H,22,30)/t17-/m1/s1. The molecule has 3 heterocycles. The average Bonchev–Trinajstić information content (AvgIpc) is 3.30. The van der Waals surface area contributed by atoms with Crippen LogP contribution in [0.1, 0.15) is 21.9 Å². The Morgan fingerprint density at radius 3 is 2.89 bits per heavy atom. The van der Waals surface area contributed by atoms with Gasteiger partial charge in [-0.2, -0.15) is 9.10 Å². The van der Waals surface area contributed by atoms with Crippen LogP contribution < -0.4 is 10.1 Å². The van der Waals surface area contributed by atoms with Crippen LogP contribution in [-0.2, 0) is 27.8 Å². The molecular formula is C21H26N8O5S. The van der Waals surface area contributed by atoms with Crippen LogP contribution in [0.3, 0.4) is 0 Å². The summed E-state index contributed by atoms with van der Waals surface area (Å²) in [6.07, 6.45) is 0.758. The van der Waals surface area contributed by atoms with Crippen molar-refractivity contribution in [3.05, 3.63) is 47.4 Å². The summed E-state index contributed by atoms with van der Waals surface area (Å²) in [4.78, 5) is 22.6. The molecule has 186 valence electrons. The first-order valence-corrected chi connectivity index (χ1v) is 12.7. The van der Waals surface area contributed by atoms with Gasteiger partial charge < -0.3 is 14.8 Å². The van der Waals surface area contributed by atoms with Crippen molar-refractivity contribution in [3.63, 3.8) is 0 Å². The summed E-state index contributed by atoms with van der Waals surface area (Å²) in [6, 6.07) is 8.89. The van der Waals surface area contributed by atoms with Gasteiger partial charge in [0, 0.05) is 19.6 Å². The molecule has 0 aliphatic carbocycles. The van der Waals surface area contributed by atoms with Crippen LogP contribution in [0.5, 0.6) is 5.75 Å². The van der Waals surface area contributed by atoms with Gasteiger partial charge in [-0.25, -0.2) is 18.4 Å². The molecule has 0 saturated carbocycles. The van der Waals surface area contributed by atoms with E-state index in [1.807, 2.05) is 24.3 Å². The minimum absolute atomic E-state index is 0.172. The number of ether oxygens (including phenoxy) is 2. The maximum atomic E-state index is 12.7. The molecule has 1 atom stereocenters. The number of benzene rings is 1. The Balaban J connectivity index is 1.43. The fourth-order valence-corrected chi connectivity index (χ4v) is 4.41. The lowest BCUT2D eigenvalue weighted by Crippen LogP contribution is -2.46. The van der Waals surface area contributed by atoms with Crippen molar-refractivity contribution in [1.29, 1.82) is 0 Å². The number of methoxy groups -OCH3 is 1. The Morgan fingerprint density at radius 2 is 2.11 bits per heavy atom. The smallest absolute Gasteiger partial charge is 0.270 e. The van der Waals surface area contributed by atoms with Gasteiger partial charge in [0.25, 0.3) is 5.91 Å². The van der Waals surface area contributed by atoms with Crippen molar-refractivity contribution in [2.24, 2.45) is 0 Å². The van der Waals surface area contributed by atoms with Crippen LogP contribution >= 0.6 is 0 Å². The number of hydrogen-bond donors (Lipinski definition) is 1. The fraction of sp³-hybridized carbons (Fsp3) is 0.429. The first-order valence-electron chi connectivity index (χ1n) is 10.8. The van der Waals surface area contributed by atoms with Crippen molar-refractivity contribution in [1.82, 2.24) is 39.8 Å². The zero-order chi connectivity index (χ0) is 25.0. The Labute approximate surface area is 202 Å². The lowest BCUT2D eigenvalue weighted by Gasteiger charge is -2.30. The highest BCUT2D eigenvalue weighted by Gasteiger charge is 2.27. The predicted octanol–water partition coefficient (Wildman–Crippen LogP) is 0.0375. The quantitative estimate of drug-likeness (QED) is 0.446. The summed E-state index contributed by atoms with van der Waals surface area (Å²) in [6.45, 7) is 3.00. The Kier molecular flexibility index (Phi) is 7.33. The van der Waals surface area contributed by atoms with Crippen LogP contribution in [0.2, 0.25) is 0 Å². The van der Waals surface area contributed by atoms with Gasteiger partial charge in [0.1, 0.15) is 23.0 Å². The van der Waals surface area contributed by atoms with Crippen molar-refractivity contribution < 1.29 is 22.7 Å². The number of nitrogens with one attached hydrogen (secondary N) is 1. The maximum absolute atomic E-state index is 12.7. The number of morpholine rings is 1. The number of nitrogens with zero attached hydrogens (tertiary/aromatic N) is 7. The van der Waals surface area contributed by atoms with Crippen molar-refractivity contribution in [2.75, 3.05) is 33.1 Å². The molecule has 1 aliphatic heterocycles. The predicted molar refractivity (Wildman–Crippen MR) is 124 cm³/mol. The van der Waals surface area contributed by atoms with E-state index in [0.717, 1.165) is 5.56 Å². The molecule has 1 N–H and O–H groups in total. The molecule has 0 radical (unpaired) electrons. The van der Waals surface area contributed by atoms with Crippen molar-refractivity contribution in [2.45, 2.75) is 26.1 Å². The molecule has 1 aromatic carbocycles. The van der Waals surface area contributed by atoms with E-state index < -0.39 is 16.1 Å². The van der Waals surface area contributed by atoms with Crippen LogP contribution in [0.25, 0.3) is 11.5 Å². The molecule has 1 amide bonds. The molecule has 35 heavy (non-hydrogen) atoms. The molecule has 13 nitrogen and oxygen atoms in total. The topological polar surface area (TPSA) is 154 Å². The largest absolute Gasteiger partial charge is 0.497 e. The number of sulfonamides is 1. The van der Waals surface area contributed by atoms with E-state index in [0.29, 0.717) is 37.0 Å². The maximum Gasteiger partial charge on any atom is 0.270 e. The average molecular weight is 503 g/mol. The molecule has 2 aromatic heterocycles. The number of carbonyl (C=O) groups is 1. The summed E-state index contributed by atoms with van der Waals surface area (Å²) in [5.41, 5.74) is 1.40. The molecule has 0 unspecified atom stereocenters. The van der Waals surface area contributed by atoms with Gasteiger partial charge in [-0.05, 0) is 35.9 Å². The number of aromatic nitrogens is 6. The lowest BCUT2D eigenvalue weighted by molar-refractivity contribution is -0.0141. The molecule has 14 heteroatoms. The van der Waals surface area contributed by atoms with Crippen molar-refractivity contribution >= 4 is 15.9 Å². The summed E-state index contributed by atoms with van der Waals surface area (Å²) in [5, 5.41) is 15.2.